The quantitative estimate of drug-likeness (QED) is 0.429. The number of methoxy groups -OCH3 is 1. The summed E-state index contributed by atoms with van der Waals surface area (Å²) < 4.78 is 5.48. The summed E-state index contributed by atoms with van der Waals surface area (Å²) in [7, 11) is 1.46. The lowest BCUT2D eigenvalue weighted by Crippen LogP contribution is -2.57. The largest absolute Gasteiger partial charge is 0.495 e. The Kier molecular flexibility index (Phi) is 4.43. The SMILES string of the molecule is COc1ccc(C(C)=O)cc1N1C(=O)[C@@H]2C3c4ccccc4C(C(C)=O)(c4ccccc43)[C@@H]2C1=O. The van der Waals surface area contributed by atoms with Crippen molar-refractivity contribution < 1.29 is 23.9 Å². The van der Waals surface area contributed by atoms with Gasteiger partial charge in [0.2, 0.25) is 11.8 Å². The van der Waals surface area contributed by atoms with Crippen LogP contribution in [0, 0.1) is 11.8 Å². The summed E-state index contributed by atoms with van der Waals surface area (Å²) in [5.74, 6) is -2.83. The molecule has 2 bridgehead atoms. The van der Waals surface area contributed by atoms with Gasteiger partial charge in [0, 0.05) is 11.5 Å². The number of rotatable bonds is 4. The van der Waals surface area contributed by atoms with E-state index in [0.29, 0.717) is 11.3 Å². The lowest BCUT2D eigenvalue weighted by Gasteiger charge is -2.52. The van der Waals surface area contributed by atoms with Crippen LogP contribution in [0.15, 0.2) is 66.7 Å². The number of Topliss-reactive ketones (excluding diaryl/α,β-unsaturated/α-hetero) is 2. The van der Waals surface area contributed by atoms with Crippen molar-refractivity contribution in [3.63, 3.8) is 0 Å². The van der Waals surface area contributed by atoms with E-state index in [1.165, 1.54) is 27.0 Å². The van der Waals surface area contributed by atoms with Crippen molar-refractivity contribution in [3.8, 4) is 5.75 Å². The molecule has 4 aliphatic rings. The fourth-order valence-corrected chi connectivity index (χ4v) is 6.69. The molecule has 0 N–H and O–H groups in total. The molecule has 0 radical (unpaired) electrons. The molecule has 1 fully saturated rings. The van der Waals surface area contributed by atoms with Crippen molar-refractivity contribution in [2.45, 2.75) is 25.2 Å². The van der Waals surface area contributed by atoms with Crippen LogP contribution < -0.4 is 9.64 Å². The summed E-state index contributed by atoms with van der Waals surface area (Å²) in [6.07, 6.45) is 0. The number of anilines is 1. The maximum Gasteiger partial charge on any atom is 0.239 e. The van der Waals surface area contributed by atoms with E-state index >= 15 is 0 Å². The first-order chi connectivity index (χ1) is 16.8. The van der Waals surface area contributed by atoms with Gasteiger partial charge in [0.1, 0.15) is 11.5 Å². The molecule has 2 atom stereocenters. The van der Waals surface area contributed by atoms with E-state index in [0.717, 1.165) is 27.2 Å². The van der Waals surface area contributed by atoms with E-state index in [1.807, 2.05) is 48.5 Å². The zero-order valence-electron chi connectivity index (χ0n) is 19.6. The van der Waals surface area contributed by atoms with Crippen molar-refractivity contribution in [2.75, 3.05) is 12.0 Å². The minimum atomic E-state index is -1.26. The van der Waals surface area contributed by atoms with E-state index in [-0.39, 0.29) is 29.1 Å². The molecule has 3 aliphatic carbocycles. The number of carbonyl (C=O) groups is 4. The standard InChI is InChI=1S/C29H23NO5/c1-15(31)17-12-13-23(35-3)22(14-17)30-27(33)25-24-18-8-4-6-10-20(18)29(16(2)32,26(25)28(30)34)21-11-7-5-9-19(21)24/h4-14,24-26H,1-3H3/t24?,25-,26+,29?/m1/s1. The molecule has 1 heterocycles. The average Bonchev–Trinajstić information content (AvgIpc) is 3.13. The summed E-state index contributed by atoms with van der Waals surface area (Å²) in [5, 5.41) is 0. The number of ether oxygens (including phenoxy) is 1. The van der Waals surface area contributed by atoms with Gasteiger partial charge in [-0.1, -0.05) is 48.5 Å². The third kappa shape index (κ3) is 2.49. The molecule has 0 unspecified atom stereocenters. The van der Waals surface area contributed by atoms with Gasteiger partial charge in [-0.3, -0.25) is 19.2 Å². The molecule has 3 aromatic rings. The smallest absolute Gasteiger partial charge is 0.239 e. The predicted molar refractivity (Wildman–Crippen MR) is 129 cm³/mol. The Morgan fingerprint density at radius 1 is 0.857 bits per heavy atom. The molecule has 35 heavy (non-hydrogen) atoms. The van der Waals surface area contributed by atoms with Crippen LogP contribution in [0.4, 0.5) is 5.69 Å². The molecule has 1 saturated heterocycles. The van der Waals surface area contributed by atoms with E-state index in [1.54, 1.807) is 12.1 Å². The van der Waals surface area contributed by atoms with E-state index < -0.39 is 23.2 Å². The van der Waals surface area contributed by atoms with Gasteiger partial charge in [-0.25, -0.2) is 4.90 Å². The Balaban J connectivity index is 1.65. The fraction of sp³-hybridized carbons (Fsp3) is 0.241. The van der Waals surface area contributed by atoms with Crippen LogP contribution in [0.1, 0.15) is 52.4 Å². The number of hydrogen-bond donors (Lipinski definition) is 0. The van der Waals surface area contributed by atoms with Crippen molar-refractivity contribution in [3.05, 3.63) is 94.5 Å². The van der Waals surface area contributed by atoms with Crippen LogP contribution in [-0.2, 0) is 19.8 Å². The highest BCUT2D eigenvalue weighted by Gasteiger charge is 2.70. The Labute approximate surface area is 202 Å². The third-order valence-electron chi connectivity index (χ3n) is 8.00. The maximum absolute atomic E-state index is 14.2. The number of benzene rings is 3. The lowest BCUT2D eigenvalue weighted by atomic mass is 9.46. The van der Waals surface area contributed by atoms with Gasteiger partial charge in [-0.2, -0.15) is 0 Å². The second-order valence-electron chi connectivity index (χ2n) is 9.47. The summed E-state index contributed by atoms with van der Waals surface area (Å²) >= 11 is 0. The van der Waals surface area contributed by atoms with Crippen LogP contribution in [0.3, 0.4) is 0 Å². The van der Waals surface area contributed by atoms with Crippen LogP contribution in [0.2, 0.25) is 0 Å². The van der Waals surface area contributed by atoms with Crippen molar-refractivity contribution in [1.82, 2.24) is 0 Å². The van der Waals surface area contributed by atoms with Crippen LogP contribution in [-0.4, -0.2) is 30.5 Å². The first-order valence-electron chi connectivity index (χ1n) is 11.6. The lowest BCUT2D eigenvalue weighted by molar-refractivity contribution is -0.132. The van der Waals surface area contributed by atoms with Gasteiger partial charge in [0.15, 0.2) is 5.78 Å². The second kappa shape index (κ2) is 7.22. The Hall–Kier alpha value is -4.06. The minimum absolute atomic E-state index is 0.169. The summed E-state index contributed by atoms with van der Waals surface area (Å²) in [5.41, 5.74) is 2.75. The molecular weight excluding hydrogens is 442 g/mol. The molecule has 0 saturated carbocycles. The van der Waals surface area contributed by atoms with Gasteiger partial charge >= 0.3 is 0 Å². The number of amides is 2. The monoisotopic (exact) mass is 465 g/mol. The summed E-state index contributed by atoms with van der Waals surface area (Å²) in [4.78, 5) is 55.3. The van der Waals surface area contributed by atoms with Gasteiger partial charge in [0.05, 0.1) is 30.0 Å². The van der Waals surface area contributed by atoms with Gasteiger partial charge in [0.25, 0.3) is 0 Å². The first kappa shape index (κ1) is 21.5. The highest BCUT2D eigenvalue weighted by molar-refractivity contribution is 6.26. The Bertz CT molecular complexity index is 1420. The van der Waals surface area contributed by atoms with E-state index in [2.05, 4.69) is 0 Å². The number of imide groups is 1. The molecule has 174 valence electrons. The molecule has 7 rings (SSSR count). The van der Waals surface area contributed by atoms with Crippen molar-refractivity contribution in [1.29, 1.82) is 0 Å². The first-order valence-corrected chi connectivity index (χ1v) is 11.6. The second-order valence-corrected chi connectivity index (χ2v) is 9.47. The molecular formula is C29H23NO5. The zero-order chi connectivity index (χ0) is 24.6. The molecule has 2 amide bonds. The normalized spacial score (nSPS) is 25.7. The highest BCUT2D eigenvalue weighted by Crippen LogP contribution is 2.64. The zero-order valence-corrected chi connectivity index (χ0v) is 19.6. The topological polar surface area (TPSA) is 80.8 Å². The van der Waals surface area contributed by atoms with Gasteiger partial charge in [-0.05, 0) is 54.3 Å². The summed E-state index contributed by atoms with van der Waals surface area (Å²) in [6, 6.07) is 20.0. The average molecular weight is 466 g/mol. The molecule has 0 spiro atoms. The fourth-order valence-electron chi connectivity index (χ4n) is 6.69. The Morgan fingerprint density at radius 3 is 2.00 bits per heavy atom. The molecule has 3 aromatic carbocycles. The van der Waals surface area contributed by atoms with Crippen molar-refractivity contribution >= 4 is 29.1 Å². The van der Waals surface area contributed by atoms with Gasteiger partial charge in [-0.15, -0.1) is 0 Å². The number of ketones is 2. The number of carbonyl (C=O) groups excluding carboxylic acids is 4. The van der Waals surface area contributed by atoms with Crippen LogP contribution >= 0.6 is 0 Å². The number of hydrogen-bond acceptors (Lipinski definition) is 5. The molecule has 1 aliphatic heterocycles. The molecule has 6 nitrogen and oxygen atoms in total. The third-order valence-corrected chi connectivity index (χ3v) is 8.00. The van der Waals surface area contributed by atoms with Crippen LogP contribution in [0.25, 0.3) is 0 Å². The van der Waals surface area contributed by atoms with E-state index in [9.17, 15) is 19.2 Å². The van der Waals surface area contributed by atoms with Gasteiger partial charge < -0.3 is 4.74 Å². The Morgan fingerprint density at radius 2 is 1.46 bits per heavy atom. The number of nitrogens with zero attached hydrogens (tertiary/aromatic N) is 1. The van der Waals surface area contributed by atoms with Crippen molar-refractivity contribution in [2.24, 2.45) is 11.8 Å². The summed E-state index contributed by atoms with van der Waals surface area (Å²) in [6.45, 7) is 2.94. The predicted octanol–water partition coefficient (Wildman–Crippen LogP) is 4.04. The maximum atomic E-state index is 14.2. The van der Waals surface area contributed by atoms with Crippen LogP contribution in [0.5, 0.6) is 5.75 Å². The van der Waals surface area contributed by atoms with E-state index in [4.69, 9.17) is 4.74 Å². The molecule has 0 aromatic heterocycles. The molecule has 6 heteroatoms. The highest BCUT2D eigenvalue weighted by atomic mass is 16.5. The minimum Gasteiger partial charge on any atom is -0.495 e.